The van der Waals surface area contributed by atoms with Crippen molar-refractivity contribution in [3.05, 3.63) is 29.8 Å². The highest BCUT2D eigenvalue weighted by atomic mass is 35.5. The van der Waals surface area contributed by atoms with Crippen LogP contribution < -0.4 is 5.32 Å². The van der Waals surface area contributed by atoms with Crippen LogP contribution in [-0.2, 0) is 16.1 Å². The third-order valence-electron chi connectivity index (χ3n) is 3.90. The minimum Gasteiger partial charge on any atom is -0.342 e. The van der Waals surface area contributed by atoms with Gasteiger partial charge in [-0.25, -0.2) is 0 Å². The lowest BCUT2D eigenvalue weighted by molar-refractivity contribution is -0.128. The van der Waals surface area contributed by atoms with Gasteiger partial charge in [0.15, 0.2) is 0 Å². The molecule has 1 atom stereocenters. The zero-order valence-electron chi connectivity index (χ0n) is 12.2. The number of amides is 2. The standard InChI is InChI=1S/C15H18Cl2N2O2/c1-10(20)19(3)8-11-5-4-6-12(7-11)18-13(21)14(2)9-15(14,16)17/h4-7H,8-9H2,1-3H3,(H,18,21). The molecule has 0 radical (unpaired) electrons. The smallest absolute Gasteiger partial charge is 0.233 e. The fourth-order valence-electron chi connectivity index (χ4n) is 2.05. The first-order valence-corrected chi connectivity index (χ1v) is 7.41. The molecule has 1 aliphatic rings. The molecule has 0 saturated heterocycles. The van der Waals surface area contributed by atoms with Crippen LogP contribution in [0, 0.1) is 5.41 Å². The predicted molar refractivity (Wildman–Crippen MR) is 84.4 cm³/mol. The molecule has 0 bridgehead atoms. The maximum absolute atomic E-state index is 12.2. The molecule has 1 unspecified atom stereocenters. The second-order valence-corrected chi connectivity index (χ2v) is 7.23. The van der Waals surface area contributed by atoms with Crippen molar-refractivity contribution in [1.82, 2.24) is 4.90 Å². The van der Waals surface area contributed by atoms with Gasteiger partial charge in [-0.2, -0.15) is 0 Å². The normalized spacial score (nSPS) is 22.5. The molecule has 0 aliphatic heterocycles. The Morgan fingerprint density at radius 2 is 2.00 bits per heavy atom. The van der Waals surface area contributed by atoms with E-state index >= 15 is 0 Å². The molecule has 6 heteroatoms. The number of anilines is 1. The molecule has 1 aliphatic carbocycles. The van der Waals surface area contributed by atoms with Crippen LogP contribution in [0.4, 0.5) is 5.69 Å². The number of carbonyl (C=O) groups excluding carboxylic acids is 2. The van der Waals surface area contributed by atoms with Gasteiger partial charge in [-0.05, 0) is 31.0 Å². The number of rotatable bonds is 4. The van der Waals surface area contributed by atoms with Gasteiger partial charge in [-0.1, -0.05) is 12.1 Å². The van der Waals surface area contributed by atoms with E-state index in [1.54, 1.807) is 24.9 Å². The van der Waals surface area contributed by atoms with Gasteiger partial charge in [0.2, 0.25) is 11.8 Å². The summed E-state index contributed by atoms with van der Waals surface area (Å²) >= 11 is 12.0. The van der Waals surface area contributed by atoms with Crippen LogP contribution in [0.5, 0.6) is 0 Å². The highest BCUT2D eigenvalue weighted by Crippen LogP contribution is 2.64. The van der Waals surface area contributed by atoms with Crippen LogP contribution >= 0.6 is 23.2 Å². The minimum absolute atomic E-state index is 0.0102. The van der Waals surface area contributed by atoms with Gasteiger partial charge in [0.1, 0.15) is 4.33 Å². The zero-order chi connectivity index (χ0) is 15.8. The molecule has 114 valence electrons. The van der Waals surface area contributed by atoms with Crippen LogP contribution in [0.3, 0.4) is 0 Å². The molecule has 0 aromatic heterocycles. The molecule has 21 heavy (non-hydrogen) atoms. The Morgan fingerprint density at radius 1 is 1.38 bits per heavy atom. The average molecular weight is 329 g/mol. The van der Waals surface area contributed by atoms with Gasteiger partial charge in [0, 0.05) is 26.2 Å². The van der Waals surface area contributed by atoms with E-state index in [0.29, 0.717) is 18.7 Å². The minimum atomic E-state index is -0.983. The highest BCUT2D eigenvalue weighted by Gasteiger charge is 2.67. The predicted octanol–water partition coefficient (Wildman–Crippen LogP) is 3.19. The molecule has 1 saturated carbocycles. The van der Waals surface area contributed by atoms with Gasteiger partial charge < -0.3 is 10.2 Å². The molecule has 1 N–H and O–H groups in total. The summed E-state index contributed by atoms with van der Waals surface area (Å²) < 4.78 is -0.983. The van der Waals surface area contributed by atoms with Gasteiger partial charge in [-0.3, -0.25) is 9.59 Å². The molecule has 2 amide bonds. The number of hydrogen-bond acceptors (Lipinski definition) is 2. The van der Waals surface area contributed by atoms with Gasteiger partial charge in [0.25, 0.3) is 0 Å². The summed E-state index contributed by atoms with van der Waals surface area (Å²) in [6, 6.07) is 7.38. The van der Waals surface area contributed by atoms with Crippen LogP contribution in [0.25, 0.3) is 0 Å². The largest absolute Gasteiger partial charge is 0.342 e. The number of nitrogens with one attached hydrogen (secondary N) is 1. The second-order valence-electron chi connectivity index (χ2n) is 5.74. The van der Waals surface area contributed by atoms with Gasteiger partial charge in [0.05, 0.1) is 5.41 Å². The van der Waals surface area contributed by atoms with Gasteiger partial charge >= 0.3 is 0 Å². The fourth-order valence-corrected chi connectivity index (χ4v) is 2.75. The third-order valence-corrected chi connectivity index (χ3v) is 5.00. The van der Waals surface area contributed by atoms with E-state index in [4.69, 9.17) is 23.2 Å². The summed E-state index contributed by atoms with van der Waals surface area (Å²) in [5.74, 6) is -0.200. The third kappa shape index (κ3) is 3.33. The average Bonchev–Trinajstić information content (AvgIpc) is 2.90. The summed E-state index contributed by atoms with van der Waals surface area (Å²) in [6.45, 7) is 3.75. The summed E-state index contributed by atoms with van der Waals surface area (Å²) in [5, 5.41) is 2.83. The quantitative estimate of drug-likeness (QED) is 0.863. The zero-order valence-corrected chi connectivity index (χ0v) is 13.8. The van der Waals surface area contributed by atoms with Crippen molar-refractivity contribution in [3.63, 3.8) is 0 Å². The van der Waals surface area contributed by atoms with Crippen LogP contribution in [0.2, 0.25) is 0 Å². The molecule has 4 nitrogen and oxygen atoms in total. The van der Waals surface area contributed by atoms with Crippen molar-refractivity contribution >= 4 is 40.7 Å². The highest BCUT2D eigenvalue weighted by molar-refractivity contribution is 6.53. The fraction of sp³-hybridized carbons (Fsp3) is 0.467. The maximum atomic E-state index is 12.2. The van der Waals surface area contributed by atoms with Crippen LogP contribution in [0.15, 0.2) is 24.3 Å². The Hall–Kier alpha value is -1.26. The monoisotopic (exact) mass is 328 g/mol. The van der Waals surface area contributed by atoms with Crippen molar-refractivity contribution < 1.29 is 9.59 Å². The molecular formula is C15H18Cl2N2O2. The molecule has 1 aromatic rings. The van der Waals surface area contributed by atoms with Crippen molar-refractivity contribution in [1.29, 1.82) is 0 Å². The first-order valence-electron chi connectivity index (χ1n) is 6.66. The SMILES string of the molecule is CC(=O)N(C)Cc1cccc(NC(=O)C2(C)CC2(Cl)Cl)c1. The lowest BCUT2D eigenvalue weighted by atomic mass is 10.1. The topological polar surface area (TPSA) is 49.4 Å². The first kappa shape index (κ1) is 16.1. The number of halogens is 2. The Kier molecular flexibility index (Phi) is 4.22. The number of hydrogen-bond donors (Lipinski definition) is 1. The number of alkyl halides is 2. The maximum Gasteiger partial charge on any atom is 0.233 e. The van der Waals surface area contributed by atoms with E-state index in [0.717, 1.165) is 5.56 Å². The molecule has 0 spiro atoms. The summed E-state index contributed by atoms with van der Waals surface area (Å²) in [7, 11) is 1.73. The Morgan fingerprint density at radius 3 is 2.52 bits per heavy atom. The summed E-state index contributed by atoms with van der Waals surface area (Å²) in [6.07, 6.45) is 0.446. The van der Waals surface area contributed by atoms with Crippen molar-refractivity contribution in [2.75, 3.05) is 12.4 Å². The van der Waals surface area contributed by atoms with E-state index in [-0.39, 0.29) is 11.8 Å². The van der Waals surface area contributed by atoms with Crippen molar-refractivity contribution in [2.24, 2.45) is 5.41 Å². The van der Waals surface area contributed by atoms with E-state index < -0.39 is 9.75 Å². The van der Waals surface area contributed by atoms with E-state index in [1.165, 1.54) is 6.92 Å². The van der Waals surface area contributed by atoms with Crippen molar-refractivity contribution in [2.45, 2.75) is 31.1 Å². The summed E-state index contributed by atoms with van der Waals surface area (Å²) in [4.78, 5) is 25.1. The van der Waals surface area contributed by atoms with E-state index in [2.05, 4.69) is 5.32 Å². The van der Waals surface area contributed by atoms with Crippen LogP contribution in [0.1, 0.15) is 25.8 Å². The Bertz CT molecular complexity index is 589. The number of benzene rings is 1. The molecular weight excluding hydrogens is 311 g/mol. The van der Waals surface area contributed by atoms with Crippen molar-refractivity contribution in [3.8, 4) is 0 Å². The number of nitrogens with zero attached hydrogens (tertiary/aromatic N) is 1. The second kappa shape index (κ2) is 5.50. The van der Waals surface area contributed by atoms with Crippen LogP contribution in [-0.4, -0.2) is 28.1 Å². The van der Waals surface area contributed by atoms with Gasteiger partial charge in [-0.15, -0.1) is 23.2 Å². The first-order chi connectivity index (χ1) is 9.65. The molecule has 0 heterocycles. The summed E-state index contributed by atoms with van der Waals surface area (Å²) in [5.41, 5.74) is 0.864. The lowest BCUT2D eigenvalue weighted by Crippen LogP contribution is -2.26. The molecule has 1 fully saturated rings. The Balaban J connectivity index is 2.05. The van der Waals surface area contributed by atoms with E-state index in [9.17, 15) is 9.59 Å². The Labute approximate surface area is 134 Å². The van der Waals surface area contributed by atoms with E-state index in [1.807, 2.05) is 18.2 Å². The molecule has 2 rings (SSSR count). The number of carbonyl (C=O) groups is 2. The molecule has 1 aromatic carbocycles. The lowest BCUT2D eigenvalue weighted by Gasteiger charge is -2.16.